The highest BCUT2D eigenvalue weighted by Crippen LogP contribution is 2.34. The van der Waals surface area contributed by atoms with Crippen LogP contribution in [0.15, 0.2) is 76.6 Å². The standard InChI is InChI=1S/C23H21N7O/c1-15-8-3-4-9-17(15)27-22-20-21(31-29-22)19(16(2)14-26-20)28-30-13-7-12-25-23(30)18-10-5-6-11-24-18/h3-14,23H,1-2H3,(H,26,28)(H,27,29). The zero-order chi connectivity index (χ0) is 21.2. The number of aryl methyl sites for hydroxylation is 2. The van der Waals surface area contributed by atoms with Crippen molar-refractivity contribution in [2.75, 3.05) is 10.7 Å². The van der Waals surface area contributed by atoms with E-state index in [1.165, 1.54) is 0 Å². The van der Waals surface area contributed by atoms with Crippen LogP contribution in [0.1, 0.15) is 23.0 Å². The molecule has 1 aromatic carbocycles. The van der Waals surface area contributed by atoms with E-state index in [4.69, 9.17) is 4.52 Å². The number of nitrogens with one attached hydrogen (secondary N) is 2. The van der Waals surface area contributed by atoms with Crippen molar-refractivity contribution in [1.29, 1.82) is 0 Å². The second-order valence-electron chi connectivity index (χ2n) is 7.25. The fourth-order valence-electron chi connectivity index (χ4n) is 3.43. The fraction of sp³-hybridized carbons (Fsp3) is 0.130. The van der Waals surface area contributed by atoms with Crippen LogP contribution in [0.5, 0.6) is 0 Å². The third-order valence-corrected chi connectivity index (χ3v) is 5.09. The molecular formula is C23H21N7O. The minimum atomic E-state index is -0.304. The lowest BCUT2D eigenvalue weighted by molar-refractivity contribution is 0.332. The summed E-state index contributed by atoms with van der Waals surface area (Å²) in [6.45, 7) is 4.01. The lowest BCUT2D eigenvalue weighted by Crippen LogP contribution is -2.31. The average Bonchev–Trinajstić information content (AvgIpc) is 3.21. The summed E-state index contributed by atoms with van der Waals surface area (Å²) in [6, 6.07) is 13.8. The Morgan fingerprint density at radius 1 is 1.00 bits per heavy atom. The smallest absolute Gasteiger partial charge is 0.212 e. The number of rotatable bonds is 5. The van der Waals surface area contributed by atoms with Crippen molar-refractivity contribution < 1.29 is 4.52 Å². The van der Waals surface area contributed by atoms with Crippen molar-refractivity contribution in [1.82, 2.24) is 20.1 Å². The van der Waals surface area contributed by atoms with Gasteiger partial charge in [0.2, 0.25) is 11.4 Å². The summed E-state index contributed by atoms with van der Waals surface area (Å²) in [4.78, 5) is 13.6. The Morgan fingerprint density at radius 3 is 2.71 bits per heavy atom. The number of aromatic nitrogens is 3. The summed E-state index contributed by atoms with van der Waals surface area (Å²) in [6.07, 6.45) is 8.81. The van der Waals surface area contributed by atoms with Gasteiger partial charge in [0.1, 0.15) is 5.69 Å². The Morgan fingerprint density at radius 2 is 1.87 bits per heavy atom. The van der Waals surface area contributed by atoms with Crippen LogP contribution >= 0.6 is 0 Å². The van der Waals surface area contributed by atoms with E-state index in [0.29, 0.717) is 16.9 Å². The van der Waals surface area contributed by atoms with Crippen molar-refractivity contribution in [2.24, 2.45) is 4.99 Å². The molecule has 0 amide bonds. The maximum absolute atomic E-state index is 5.71. The molecule has 2 N–H and O–H groups in total. The largest absolute Gasteiger partial charge is 0.350 e. The summed E-state index contributed by atoms with van der Waals surface area (Å²) >= 11 is 0. The fourth-order valence-corrected chi connectivity index (χ4v) is 3.43. The number of benzene rings is 1. The minimum absolute atomic E-state index is 0.304. The Balaban J connectivity index is 1.49. The maximum atomic E-state index is 5.71. The maximum Gasteiger partial charge on any atom is 0.212 e. The second kappa shape index (κ2) is 7.91. The topological polar surface area (TPSA) is 91.5 Å². The molecule has 31 heavy (non-hydrogen) atoms. The van der Waals surface area contributed by atoms with Gasteiger partial charge in [-0.3, -0.25) is 20.4 Å². The highest BCUT2D eigenvalue weighted by Gasteiger charge is 2.23. The van der Waals surface area contributed by atoms with Crippen LogP contribution < -0.4 is 10.7 Å². The Hall–Kier alpha value is -4.20. The number of allylic oxidation sites excluding steroid dienone is 1. The van der Waals surface area contributed by atoms with Crippen LogP contribution in [-0.4, -0.2) is 26.3 Å². The number of anilines is 3. The average molecular weight is 411 g/mol. The van der Waals surface area contributed by atoms with Gasteiger partial charge in [-0.05, 0) is 49.2 Å². The summed E-state index contributed by atoms with van der Waals surface area (Å²) < 4.78 is 5.71. The number of nitrogens with zero attached hydrogens (tertiary/aromatic N) is 5. The number of hydrogen-bond acceptors (Lipinski definition) is 8. The number of hydrazine groups is 1. The van der Waals surface area contributed by atoms with Crippen molar-refractivity contribution in [3.8, 4) is 0 Å². The van der Waals surface area contributed by atoms with Gasteiger partial charge < -0.3 is 9.84 Å². The van der Waals surface area contributed by atoms with E-state index in [2.05, 4.69) is 30.9 Å². The van der Waals surface area contributed by atoms with E-state index >= 15 is 0 Å². The van der Waals surface area contributed by atoms with Crippen LogP contribution in [0.2, 0.25) is 0 Å². The molecule has 0 bridgehead atoms. The van der Waals surface area contributed by atoms with Crippen molar-refractivity contribution in [3.05, 3.63) is 84.0 Å². The first kappa shape index (κ1) is 18.8. The summed E-state index contributed by atoms with van der Waals surface area (Å²) in [5, 5.41) is 9.45. The van der Waals surface area contributed by atoms with E-state index in [1.807, 2.05) is 73.6 Å². The molecule has 0 radical (unpaired) electrons. The number of aliphatic imine (C=N–C) groups is 1. The van der Waals surface area contributed by atoms with E-state index < -0.39 is 0 Å². The molecule has 0 saturated carbocycles. The van der Waals surface area contributed by atoms with Gasteiger partial charge in [0.25, 0.3) is 0 Å². The predicted molar refractivity (Wildman–Crippen MR) is 121 cm³/mol. The number of fused-ring (bicyclic) bond motifs is 1. The molecule has 1 aliphatic heterocycles. The molecule has 0 saturated heterocycles. The van der Waals surface area contributed by atoms with Crippen LogP contribution in [0, 0.1) is 13.8 Å². The molecule has 8 nitrogen and oxygen atoms in total. The summed E-state index contributed by atoms with van der Waals surface area (Å²) in [5.74, 6) is 0.570. The van der Waals surface area contributed by atoms with Crippen LogP contribution in [-0.2, 0) is 0 Å². The van der Waals surface area contributed by atoms with Gasteiger partial charge in [-0.15, -0.1) is 0 Å². The highest BCUT2D eigenvalue weighted by molar-refractivity contribution is 5.95. The second-order valence-corrected chi connectivity index (χ2v) is 7.25. The lowest BCUT2D eigenvalue weighted by atomic mass is 10.2. The lowest BCUT2D eigenvalue weighted by Gasteiger charge is -2.30. The van der Waals surface area contributed by atoms with Crippen molar-refractivity contribution >= 4 is 34.5 Å². The molecule has 4 heterocycles. The Bertz CT molecular complexity index is 1280. The first-order chi connectivity index (χ1) is 15.2. The zero-order valence-corrected chi connectivity index (χ0v) is 17.1. The molecule has 1 atom stereocenters. The molecule has 0 fully saturated rings. The first-order valence-electron chi connectivity index (χ1n) is 9.94. The van der Waals surface area contributed by atoms with Crippen LogP contribution in [0.4, 0.5) is 17.2 Å². The van der Waals surface area contributed by atoms with Gasteiger partial charge in [0.15, 0.2) is 11.7 Å². The number of para-hydroxylation sites is 1. The molecule has 8 heteroatoms. The monoisotopic (exact) mass is 411 g/mol. The van der Waals surface area contributed by atoms with Crippen LogP contribution in [0.3, 0.4) is 0 Å². The van der Waals surface area contributed by atoms with E-state index in [1.54, 1.807) is 18.6 Å². The van der Waals surface area contributed by atoms with E-state index in [-0.39, 0.29) is 6.17 Å². The third-order valence-electron chi connectivity index (χ3n) is 5.09. The minimum Gasteiger partial charge on any atom is -0.350 e. The molecule has 1 unspecified atom stereocenters. The molecule has 0 aliphatic carbocycles. The van der Waals surface area contributed by atoms with Crippen LogP contribution in [0.25, 0.3) is 11.1 Å². The van der Waals surface area contributed by atoms with Gasteiger partial charge >= 0.3 is 0 Å². The molecule has 154 valence electrons. The Kier molecular flexibility index (Phi) is 4.80. The third kappa shape index (κ3) is 3.59. The van der Waals surface area contributed by atoms with Gasteiger partial charge in [-0.1, -0.05) is 29.4 Å². The summed E-state index contributed by atoms with van der Waals surface area (Å²) in [5.41, 5.74) is 9.24. The van der Waals surface area contributed by atoms with Crippen molar-refractivity contribution in [2.45, 2.75) is 20.0 Å². The van der Waals surface area contributed by atoms with Gasteiger partial charge in [-0.2, -0.15) is 0 Å². The van der Waals surface area contributed by atoms with Gasteiger partial charge in [-0.25, -0.2) is 4.98 Å². The SMILES string of the molecule is Cc1ccccc1Nc1noc2c(NN3C=CC=NC3c3ccccn3)c(C)cnc12. The molecule has 0 spiro atoms. The first-order valence-corrected chi connectivity index (χ1v) is 9.94. The molecule has 4 aromatic rings. The number of hydrogen-bond donors (Lipinski definition) is 2. The molecule has 3 aromatic heterocycles. The van der Waals surface area contributed by atoms with E-state index in [9.17, 15) is 0 Å². The molecular weight excluding hydrogens is 390 g/mol. The molecule has 1 aliphatic rings. The molecule has 5 rings (SSSR count). The zero-order valence-electron chi connectivity index (χ0n) is 17.1. The highest BCUT2D eigenvalue weighted by atomic mass is 16.5. The quantitative estimate of drug-likeness (QED) is 0.482. The van der Waals surface area contributed by atoms with E-state index in [0.717, 1.165) is 28.2 Å². The normalized spacial score (nSPS) is 15.4. The Labute approximate surface area is 179 Å². The number of pyridine rings is 2. The predicted octanol–water partition coefficient (Wildman–Crippen LogP) is 4.90. The van der Waals surface area contributed by atoms with Gasteiger partial charge in [0, 0.05) is 30.5 Å². The van der Waals surface area contributed by atoms with Gasteiger partial charge in [0.05, 0.1) is 5.69 Å². The van der Waals surface area contributed by atoms with Crippen molar-refractivity contribution in [3.63, 3.8) is 0 Å². The summed E-state index contributed by atoms with van der Waals surface area (Å²) in [7, 11) is 0.